The summed E-state index contributed by atoms with van der Waals surface area (Å²) in [6, 6.07) is 0.557. The summed E-state index contributed by atoms with van der Waals surface area (Å²) in [5.41, 5.74) is 1.13. The number of hydrogen-bond acceptors (Lipinski definition) is 4. The van der Waals surface area contributed by atoms with Gasteiger partial charge in [-0.1, -0.05) is 26.7 Å². The van der Waals surface area contributed by atoms with Crippen molar-refractivity contribution in [3.8, 4) is 0 Å². The monoisotopic (exact) mass is 262 g/mol. The molecule has 106 valence electrons. The molecule has 1 aliphatic carbocycles. The summed E-state index contributed by atoms with van der Waals surface area (Å²) in [6.45, 7) is 7.54. The van der Waals surface area contributed by atoms with Gasteiger partial charge in [-0.3, -0.25) is 0 Å². The second-order valence-corrected chi connectivity index (χ2v) is 5.64. The van der Waals surface area contributed by atoms with Gasteiger partial charge in [0.2, 0.25) is 0 Å². The lowest BCUT2D eigenvalue weighted by Gasteiger charge is -2.30. The minimum Gasteiger partial charge on any atom is -0.370 e. The number of anilines is 2. The van der Waals surface area contributed by atoms with Crippen molar-refractivity contribution >= 4 is 11.6 Å². The van der Waals surface area contributed by atoms with Crippen molar-refractivity contribution in [2.45, 2.75) is 58.9 Å². The Bertz CT molecular complexity index is 405. The van der Waals surface area contributed by atoms with Gasteiger partial charge >= 0.3 is 0 Å². The molecule has 4 heteroatoms. The summed E-state index contributed by atoms with van der Waals surface area (Å²) < 4.78 is 0. The summed E-state index contributed by atoms with van der Waals surface area (Å²) in [5, 5.41) is 6.98. The third-order valence-electron chi connectivity index (χ3n) is 4.06. The molecule has 0 saturated heterocycles. The van der Waals surface area contributed by atoms with Gasteiger partial charge in [0.1, 0.15) is 18.0 Å². The molecule has 0 bridgehead atoms. The first kappa shape index (κ1) is 14.1. The SMILES string of the molecule is CCCNc1ncnc(NC2CCCCC2C)c1C. The van der Waals surface area contributed by atoms with Crippen molar-refractivity contribution in [3.05, 3.63) is 11.9 Å². The van der Waals surface area contributed by atoms with E-state index in [9.17, 15) is 0 Å². The van der Waals surface area contributed by atoms with Crippen LogP contribution in [0, 0.1) is 12.8 Å². The lowest BCUT2D eigenvalue weighted by Crippen LogP contribution is -2.31. The Morgan fingerprint density at radius 3 is 2.68 bits per heavy atom. The first-order valence-corrected chi connectivity index (χ1v) is 7.54. The molecule has 0 radical (unpaired) electrons. The van der Waals surface area contributed by atoms with Gasteiger partial charge < -0.3 is 10.6 Å². The minimum atomic E-state index is 0.557. The zero-order valence-electron chi connectivity index (χ0n) is 12.4. The Morgan fingerprint density at radius 1 is 1.21 bits per heavy atom. The van der Waals surface area contributed by atoms with Crippen LogP contribution >= 0.6 is 0 Å². The van der Waals surface area contributed by atoms with Crippen LogP contribution in [-0.4, -0.2) is 22.6 Å². The second-order valence-electron chi connectivity index (χ2n) is 5.64. The quantitative estimate of drug-likeness (QED) is 0.851. The highest BCUT2D eigenvalue weighted by Gasteiger charge is 2.22. The van der Waals surface area contributed by atoms with Gasteiger partial charge in [-0.05, 0) is 32.1 Å². The molecular formula is C15H26N4. The zero-order valence-corrected chi connectivity index (χ0v) is 12.4. The summed E-state index contributed by atoms with van der Waals surface area (Å²) in [7, 11) is 0. The minimum absolute atomic E-state index is 0.557. The van der Waals surface area contributed by atoms with Gasteiger partial charge in [0.25, 0.3) is 0 Å². The van der Waals surface area contributed by atoms with E-state index in [0.29, 0.717) is 6.04 Å². The zero-order chi connectivity index (χ0) is 13.7. The summed E-state index contributed by atoms with van der Waals surface area (Å²) in [6.07, 6.45) is 8.02. The van der Waals surface area contributed by atoms with Crippen molar-refractivity contribution in [1.29, 1.82) is 0 Å². The van der Waals surface area contributed by atoms with Crippen LogP contribution in [0.15, 0.2) is 6.33 Å². The Morgan fingerprint density at radius 2 is 1.95 bits per heavy atom. The standard InChI is InChI=1S/C15H26N4/c1-4-9-16-14-12(3)15(18-10-17-14)19-13-8-6-5-7-11(13)2/h10-11,13H,4-9H2,1-3H3,(H2,16,17,18,19). The molecule has 4 nitrogen and oxygen atoms in total. The van der Waals surface area contributed by atoms with Gasteiger partial charge in [0.15, 0.2) is 0 Å². The van der Waals surface area contributed by atoms with Gasteiger partial charge in [-0.2, -0.15) is 0 Å². The third-order valence-corrected chi connectivity index (χ3v) is 4.06. The summed E-state index contributed by atoms with van der Waals surface area (Å²) in [4.78, 5) is 8.74. The van der Waals surface area contributed by atoms with E-state index in [1.165, 1.54) is 25.7 Å². The third kappa shape index (κ3) is 3.58. The Hall–Kier alpha value is -1.32. The molecule has 0 amide bonds. The van der Waals surface area contributed by atoms with E-state index in [1.807, 2.05) is 0 Å². The van der Waals surface area contributed by atoms with Crippen LogP contribution in [0.2, 0.25) is 0 Å². The maximum atomic E-state index is 4.41. The molecule has 2 rings (SSSR count). The fourth-order valence-electron chi connectivity index (χ4n) is 2.72. The predicted octanol–water partition coefficient (Wildman–Crippen LogP) is 3.60. The Kier molecular flexibility index (Phi) is 5.00. The van der Waals surface area contributed by atoms with Crippen LogP contribution in [0.1, 0.15) is 51.5 Å². The van der Waals surface area contributed by atoms with E-state index in [1.54, 1.807) is 6.33 Å². The normalized spacial score (nSPS) is 23.1. The van der Waals surface area contributed by atoms with Crippen LogP contribution in [-0.2, 0) is 0 Å². The highest BCUT2D eigenvalue weighted by molar-refractivity contribution is 5.56. The Balaban J connectivity index is 2.07. The first-order chi connectivity index (χ1) is 9.22. The van der Waals surface area contributed by atoms with Crippen LogP contribution < -0.4 is 10.6 Å². The van der Waals surface area contributed by atoms with E-state index in [-0.39, 0.29) is 0 Å². The molecule has 0 aromatic carbocycles. The molecule has 0 aliphatic heterocycles. The second kappa shape index (κ2) is 6.73. The maximum absolute atomic E-state index is 4.41. The maximum Gasteiger partial charge on any atom is 0.134 e. The van der Waals surface area contributed by atoms with Gasteiger partial charge in [0.05, 0.1) is 0 Å². The molecule has 1 saturated carbocycles. The molecule has 2 N–H and O–H groups in total. The number of aromatic nitrogens is 2. The molecule has 0 spiro atoms. The lowest BCUT2D eigenvalue weighted by atomic mass is 9.86. The first-order valence-electron chi connectivity index (χ1n) is 7.54. The largest absolute Gasteiger partial charge is 0.370 e. The number of nitrogens with one attached hydrogen (secondary N) is 2. The molecule has 1 aliphatic rings. The Labute approximate surface area is 116 Å². The number of nitrogens with zero attached hydrogens (tertiary/aromatic N) is 2. The van der Waals surface area contributed by atoms with E-state index in [2.05, 4.69) is 41.4 Å². The van der Waals surface area contributed by atoms with Crippen molar-refractivity contribution in [2.75, 3.05) is 17.2 Å². The molecule has 1 heterocycles. The summed E-state index contributed by atoms with van der Waals surface area (Å²) >= 11 is 0. The van der Waals surface area contributed by atoms with E-state index < -0.39 is 0 Å². The molecule has 2 unspecified atom stereocenters. The molecular weight excluding hydrogens is 236 g/mol. The smallest absolute Gasteiger partial charge is 0.134 e. The average molecular weight is 262 g/mol. The highest BCUT2D eigenvalue weighted by atomic mass is 15.1. The van der Waals surface area contributed by atoms with Crippen LogP contribution in [0.4, 0.5) is 11.6 Å². The molecule has 1 fully saturated rings. The highest BCUT2D eigenvalue weighted by Crippen LogP contribution is 2.28. The average Bonchev–Trinajstić information content (AvgIpc) is 2.42. The van der Waals surface area contributed by atoms with Gasteiger partial charge in [0, 0.05) is 18.2 Å². The fraction of sp³-hybridized carbons (Fsp3) is 0.733. The van der Waals surface area contributed by atoms with E-state index in [0.717, 1.165) is 36.1 Å². The lowest BCUT2D eigenvalue weighted by molar-refractivity contribution is 0.349. The molecule has 1 aromatic heterocycles. The topological polar surface area (TPSA) is 49.8 Å². The molecule has 2 atom stereocenters. The molecule has 1 aromatic rings. The number of hydrogen-bond donors (Lipinski definition) is 2. The van der Waals surface area contributed by atoms with Crippen molar-refractivity contribution in [2.24, 2.45) is 5.92 Å². The van der Waals surface area contributed by atoms with Crippen molar-refractivity contribution in [3.63, 3.8) is 0 Å². The number of rotatable bonds is 5. The fourth-order valence-corrected chi connectivity index (χ4v) is 2.72. The van der Waals surface area contributed by atoms with E-state index >= 15 is 0 Å². The van der Waals surface area contributed by atoms with Crippen LogP contribution in [0.3, 0.4) is 0 Å². The van der Waals surface area contributed by atoms with Crippen molar-refractivity contribution < 1.29 is 0 Å². The van der Waals surface area contributed by atoms with Crippen LogP contribution in [0.25, 0.3) is 0 Å². The summed E-state index contributed by atoms with van der Waals surface area (Å²) in [5.74, 6) is 2.69. The van der Waals surface area contributed by atoms with E-state index in [4.69, 9.17) is 0 Å². The van der Waals surface area contributed by atoms with Crippen LogP contribution in [0.5, 0.6) is 0 Å². The van der Waals surface area contributed by atoms with Crippen molar-refractivity contribution in [1.82, 2.24) is 9.97 Å². The molecule has 19 heavy (non-hydrogen) atoms. The van der Waals surface area contributed by atoms with Gasteiger partial charge in [-0.25, -0.2) is 9.97 Å². The predicted molar refractivity (Wildman–Crippen MR) is 80.6 cm³/mol. The van der Waals surface area contributed by atoms with Gasteiger partial charge in [-0.15, -0.1) is 0 Å².